The first kappa shape index (κ1) is 18.4. The van der Waals surface area contributed by atoms with E-state index in [0.29, 0.717) is 25.7 Å². The maximum Gasteiger partial charge on any atom is 0.238 e. The summed E-state index contributed by atoms with van der Waals surface area (Å²) in [6.07, 6.45) is 0.870. The molecule has 2 heterocycles. The van der Waals surface area contributed by atoms with Crippen molar-refractivity contribution in [3.05, 3.63) is 29.8 Å². The normalized spacial score (nSPS) is 26.3. The van der Waals surface area contributed by atoms with Gasteiger partial charge in [0.25, 0.3) is 0 Å². The van der Waals surface area contributed by atoms with Gasteiger partial charge in [-0.05, 0) is 37.5 Å². The van der Waals surface area contributed by atoms with Crippen LogP contribution in [0.2, 0.25) is 0 Å². The number of carbonyl (C=O) groups is 1. The van der Waals surface area contributed by atoms with Gasteiger partial charge in [0.05, 0.1) is 25.4 Å². The van der Waals surface area contributed by atoms with Crippen molar-refractivity contribution in [2.24, 2.45) is 0 Å². The van der Waals surface area contributed by atoms with Crippen molar-refractivity contribution >= 4 is 11.6 Å². The van der Waals surface area contributed by atoms with Crippen LogP contribution in [0, 0.1) is 0 Å². The van der Waals surface area contributed by atoms with Gasteiger partial charge >= 0.3 is 0 Å². The third-order valence-corrected chi connectivity index (χ3v) is 5.03. The summed E-state index contributed by atoms with van der Waals surface area (Å²) in [6.45, 7) is 11.7. The first-order valence-electron chi connectivity index (χ1n) is 9.17. The van der Waals surface area contributed by atoms with Crippen molar-refractivity contribution in [1.29, 1.82) is 0 Å². The summed E-state index contributed by atoms with van der Waals surface area (Å²) in [6, 6.07) is 8.09. The molecular weight excluding hydrogens is 316 g/mol. The molecule has 0 aliphatic carbocycles. The number of amides is 1. The summed E-state index contributed by atoms with van der Waals surface area (Å²) in [5, 5.41) is 3.00. The van der Waals surface area contributed by atoms with E-state index < -0.39 is 0 Å². The maximum atomic E-state index is 12.4. The highest BCUT2D eigenvalue weighted by Crippen LogP contribution is 2.37. The number of nitrogens with zero attached hydrogens (tertiary/aromatic N) is 1. The van der Waals surface area contributed by atoms with E-state index in [9.17, 15) is 4.79 Å². The Morgan fingerprint density at radius 1 is 1.24 bits per heavy atom. The van der Waals surface area contributed by atoms with Crippen LogP contribution >= 0.6 is 0 Å². The molecule has 3 rings (SSSR count). The van der Waals surface area contributed by atoms with Gasteiger partial charge in [0, 0.05) is 25.2 Å². The molecule has 1 unspecified atom stereocenters. The van der Waals surface area contributed by atoms with E-state index >= 15 is 0 Å². The Balaban J connectivity index is 1.54. The van der Waals surface area contributed by atoms with Crippen LogP contribution in [-0.4, -0.2) is 54.9 Å². The molecule has 0 radical (unpaired) electrons. The fourth-order valence-corrected chi connectivity index (χ4v) is 3.81. The Labute approximate surface area is 150 Å². The Hall–Kier alpha value is -1.43. The van der Waals surface area contributed by atoms with Gasteiger partial charge in [-0.15, -0.1) is 0 Å². The number of ether oxygens (including phenoxy) is 2. The smallest absolute Gasteiger partial charge is 0.238 e. The molecule has 1 N–H and O–H groups in total. The summed E-state index contributed by atoms with van der Waals surface area (Å²) in [5.41, 5.74) is 1.71. The Kier molecular flexibility index (Phi) is 5.19. The van der Waals surface area contributed by atoms with E-state index in [2.05, 4.69) is 50.0 Å². The van der Waals surface area contributed by atoms with E-state index in [-0.39, 0.29) is 17.1 Å². The highest BCUT2D eigenvalue weighted by Gasteiger charge is 2.48. The van der Waals surface area contributed by atoms with E-state index in [0.717, 1.165) is 25.2 Å². The average molecular weight is 346 g/mol. The summed E-state index contributed by atoms with van der Waals surface area (Å²) < 4.78 is 11.9. The number of benzene rings is 1. The molecule has 5 heteroatoms. The van der Waals surface area contributed by atoms with Crippen molar-refractivity contribution < 1.29 is 14.3 Å². The summed E-state index contributed by atoms with van der Waals surface area (Å²) in [5.74, 6) is 0.514. The summed E-state index contributed by atoms with van der Waals surface area (Å²) in [7, 11) is 0. The van der Waals surface area contributed by atoms with Crippen LogP contribution in [0.25, 0.3) is 0 Å². The minimum atomic E-state index is -0.263. The van der Waals surface area contributed by atoms with Crippen molar-refractivity contribution in [2.75, 3.05) is 38.2 Å². The van der Waals surface area contributed by atoms with Gasteiger partial charge < -0.3 is 14.8 Å². The lowest BCUT2D eigenvalue weighted by Gasteiger charge is -2.39. The standard InChI is InChI=1S/C20H30N2O3/c1-15(2)16-5-7-17(8-6-16)21-18(23)11-22-9-10-24-20(13-22)12-19(3,4)25-14-20/h5-8,15H,9-14H2,1-4H3,(H,21,23). The van der Waals surface area contributed by atoms with Gasteiger partial charge in [0.15, 0.2) is 0 Å². The number of carbonyl (C=O) groups excluding carboxylic acids is 1. The van der Waals surface area contributed by atoms with Gasteiger partial charge in [-0.25, -0.2) is 0 Å². The predicted octanol–water partition coefficient (Wildman–Crippen LogP) is 3.02. The molecule has 1 aromatic rings. The quantitative estimate of drug-likeness (QED) is 0.910. The Morgan fingerprint density at radius 3 is 2.56 bits per heavy atom. The highest BCUT2D eigenvalue weighted by molar-refractivity contribution is 5.92. The molecule has 0 aromatic heterocycles. The second-order valence-electron chi connectivity index (χ2n) is 8.29. The van der Waals surface area contributed by atoms with Gasteiger partial charge in [-0.1, -0.05) is 26.0 Å². The summed E-state index contributed by atoms with van der Waals surface area (Å²) >= 11 is 0. The van der Waals surface area contributed by atoms with Gasteiger partial charge in [0.1, 0.15) is 5.60 Å². The van der Waals surface area contributed by atoms with Crippen LogP contribution in [0.15, 0.2) is 24.3 Å². The molecule has 1 aromatic carbocycles. The molecule has 1 amide bonds. The van der Waals surface area contributed by atoms with Crippen LogP contribution < -0.4 is 5.32 Å². The fraction of sp³-hybridized carbons (Fsp3) is 0.650. The second-order valence-corrected chi connectivity index (χ2v) is 8.29. The number of hydrogen-bond acceptors (Lipinski definition) is 4. The van der Waals surface area contributed by atoms with E-state index in [4.69, 9.17) is 9.47 Å². The second kappa shape index (κ2) is 7.06. The van der Waals surface area contributed by atoms with E-state index in [1.807, 2.05) is 12.1 Å². The van der Waals surface area contributed by atoms with Crippen molar-refractivity contribution in [1.82, 2.24) is 4.90 Å². The molecule has 2 fully saturated rings. The lowest BCUT2D eigenvalue weighted by molar-refractivity contribution is -0.127. The molecule has 0 bridgehead atoms. The predicted molar refractivity (Wildman–Crippen MR) is 98.9 cm³/mol. The topological polar surface area (TPSA) is 50.8 Å². The Morgan fingerprint density at radius 2 is 1.96 bits per heavy atom. The number of morpholine rings is 1. The van der Waals surface area contributed by atoms with Crippen LogP contribution in [0.4, 0.5) is 5.69 Å². The zero-order chi connectivity index (χ0) is 18.1. The molecule has 5 nitrogen and oxygen atoms in total. The van der Waals surface area contributed by atoms with Gasteiger partial charge in [-0.2, -0.15) is 0 Å². The lowest BCUT2D eigenvalue weighted by atomic mass is 9.92. The number of anilines is 1. The van der Waals surface area contributed by atoms with Gasteiger partial charge in [0.2, 0.25) is 5.91 Å². The molecule has 2 saturated heterocycles. The first-order valence-corrected chi connectivity index (χ1v) is 9.17. The monoisotopic (exact) mass is 346 g/mol. The molecule has 138 valence electrons. The van der Waals surface area contributed by atoms with Crippen LogP contribution in [0.3, 0.4) is 0 Å². The van der Waals surface area contributed by atoms with Crippen LogP contribution in [-0.2, 0) is 14.3 Å². The largest absolute Gasteiger partial charge is 0.372 e. The molecular formula is C20H30N2O3. The lowest BCUT2D eigenvalue weighted by Crippen LogP contribution is -2.54. The SMILES string of the molecule is CC(C)c1ccc(NC(=O)CN2CCOC3(COC(C)(C)C3)C2)cc1. The fourth-order valence-electron chi connectivity index (χ4n) is 3.81. The molecule has 1 spiro atoms. The molecule has 1 atom stereocenters. The number of nitrogens with one attached hydrogen (secondary N) is 1. The number of rotatable bonds is 4. The molecule has 25 heavy (non-hydrogen) atoms. The molecule has 2 aliphatic heterocycles. The first-order chi connectivity index (χ1) is 11.8. The maximum absolute atomic E-state index is 12.4. The van der Waals surface area contributed by atoms with Gasteiger partial charge in [-0.3, -0.25) is 9.69 Å². The van der Waals surface area contributed by atoms with Crippen molar-refractivity contribution in [2.45, 2.75) is 51.2 Å². The average Bonchev–Trinajstić information content (AvgIpc) is 2.82. The third-order valence-electron chi connectivity index (χ3n) is 5.03. The molecule has 0 saturated carbocycles. The zero-order valence-corrected chi connectivity index (χ0v) is 15.8. The molecule has 2 aliphatic rings. The van der Waals surface area contributed by atoms with Crippen molar-refractivity contribution in [3.63, 3.8) is 0 Å². The zero-order valence-electron chi connectivity index (χ0n) is 15.8. The third kappa shape index (κ3) is 4.60. The summed E-state index contributed by atoms with van der Waals surface area (Å²) in [4.78, 5) is 14.6. The van der Waals surface area contributed by atoms with Crippen LogP contribution in [0.1, 0.15) is 45.6 Å². The van der Waals surface area contributed by atoms with E-state index in [1.54, 1.807) is 0 Å². The minimum Gasteiger partial charge on any atom is -0.372 e. The van der Waals surface area contributed by atoms with Crippen molar-refractivity contribution in [3.8, 4) is 0 Å². The number of hydrogen-bond donors (Lipinski definition) is 1. The van der Waals surface area contributed by atoms with Crippen LogP contribution in [0.5, 0.6) is 0 Å². The Bertz CT molecular complexity index is 612. The highest BCUT2D eigenvalue weighted by atomic mass is 16.6. The van der Waals surface area contributed by atoms with E-state index in [1.165, 1.54) is 5.56 Å². The minimum absolute atomic E-state index is 0.0209.